The van der Waals surface area contributed by atoms with Crippen molar-refractivity contribution in [2.24, 2.45) is 0 Å². The van der Waals surface area contributed by atoms with Gasteiger partial charge in [-0.2, -0.15) is 4.68 Å². The largest absolute Gasteiger partial charge is 0.368 e. The second kappa shape index (κ2) is 12.0. The molecule has 2 amide bonds. The Balaban J connectivity index is 1.11. The highest BCUT2D eigenvalue weighted by Gasteiger charge is 2.22. The Bertz CT molecular complexity index is 1410. The average Bonchev–Trinajstić information content (AvgIpc) is 3.42. The molecule has 0 spiro atoms. The zero-order chi connectivity index (χ0) is 26.5. The number of nitrogens with zero attached hydrogens (tertiary/aromatic N) is 6. The van der Waals surface area contributed by atoms with Gasteiger partial charge in [0.15, 0.2) is 0 Å². The Kier molecular flexibility index (Phi) is 8.26. The molecule has 1 fully saturated rings. The molecular weight excluding hydrogens is 590 g/mol. The van der Waals surface area contributed by atoms with Gasteiger partial charge in [0.1, 0.15) is 0 Å². The van der Waals surface area contributed by atoms with Gasteiger partial charge in [-0.1, -0.05) is 39.3 Å². The molecule has 194 valence electrons. The van der Waals surface area contributed by atoms with Crippen LogP contribution in [0.2, 0.25) is 5.02 Å². The first-order valence-corrected chi connectivity index (χ1v) is 14.0. The van der Waals surface area contributed by atoms with E-state index in [1.165, 1.54) is 11.8 Å². The molecule has 1 aliphatic heterocycles. The van der Waals surface area contributed by atoms with E-state index in [2.05, 4.69) is 41.7 Å². The third kappa shape index (κ3) is 6.35. The molecule has 12 heteroatoms. The van der Waals surface area contributed by atoms with E-state index in [4.69, 9.17) is 11.6 Å². The van der Waals surface area contributed by atoms with Crippen molar-refractivity contribution < 1.29 is 9.59 Å². The van der Waals surface area contributed by atoms with E-state index in [0.717, 1.165) is 28.9 Å². The molecule has 4 aromatic rings. The lowest BCUT2D eigenvalue weighted by atomic mass is 10.1. The van der Waals surface area contributed by atoms with Gasteiger partial charge >= 0.3 is 0 Å². The molecule has 5 rings (SSSR count). The molecule has 1 N–H and O–H groups in total. The summed E-state index contributed by atoms with van der Waals surface area (Å²) in [6.07, 6.45) is 0. The summed E-state index contributed by atoms with van der Waals surface area (Å²) in [5, 5.41) is 15.8. The molecule has 0 saturated carbocycles. The van der Waals surface area contributed by atoms with Crippen LogP contribution in [0.3, 0.4) is 0 Å². The molecule has 0 atom stereocenters. The molecule has 0 unspecified atom stereocenters. The predicted octanol–water partition coefficient (Wildman–Crippen LogP) is 4.77. The fourth-order valence-corrected chi connectivity index (χ4v) is 5.12. The van der Waals surface area contributed by atoms with Crippen LogP contribution < -0.4 is 10.2 Å². The molecule has 38 heavy (non-hydrogen) atoms. The molecule has 0 radical (unpaired) electrons. The molecule has 9 nitrogen and oxygen atoms in total. The highest BCUT2D eigenvalue weighted by molar-refractivity contribution is 9.10. The van der Waals surface area contributed by atoms with Crippen LogP contribution in [-0.2, 0) is 4.79 Å². The van der Waals surface area contributed by atoms with Crippen molar-refractivity contribution in [1.82, 2.24) is 25.1 Å². The van der Waals surface area contributed by atoms with Crippen LogP contribution in [-0.4, -0.2) is 68.9 Å². The van der Waals surface area contributed by atoms with E-state index in [1.807, 2.05) is 65.6 Å². The molecular formula is C26H23BrClN7O2S. The van der Waals surface area contributed by atoms with Gasteiger partial charge in [-0.15, -0.1) is 5.10 Å². The SMILES string of the molecule is O=C(CSc1nnnn1-c1ccc(Cl)cc1)Nc1ccc(N2CCN(C(=O)c3ccc(Br)cc3)CC2)cc1. The summed E-state index contributed by atoms with van der Waals surface area (Å²) in [4.78, 5) is 29.4. The summed E-state index contributed by atoms with van der Waals surface area (Å²) in [7, 11) is 0. The normalized spacial score (nSPS) is 13.4. The van der Waals surface area contributed by atoms with Crippen molar-refractivity contribution in [3.8, 4) is 5.69 Å². The number of hydrogen-bond donors (Lipinski definition) is 1. The zero-order valence-electron chi connectivity index (χ0n) is 20.1. The molecule has 2 heterocycles. The monoisotopic (exact) mass is 611 g/mol. The third-order valence-electron chi connectivity index (χ3n) is 6.02. The maximum atomic E-state index is 12.8. The van der Waals surface area contributed by atoms with Crippen LogP contribution in [0.1, 0.15) is 10.4 Å². The summed E-state index contributed by atoms with van der Waals surface area (Å²) in [6, 6.07) is 22.3. The number of thioether (sulfide) groups is 1. The topological polar surface area (TPSA) is 96.2 Å². The number of nitrogens with one attached hydrogen (secondary N) is 1. The quantitative estimate of drug-likeness (QED) is 0.300. The summed E-state index contributed by atoms with van der Waals surface area (Å²) < 4.78 is 2.52. The minimum atomic E-state index is -0.159. The fourth-order valence-electron chi connectivity index (χ4n) is 4.04. The standard InChI is InChI=1S/C26H23BrClN7O2S/c27-19-3-1-18(2-4-19)25(37)34-15-13-33(14-16-34)22-11-7-21(8-12-22)29-24(36)17-38-26-30-31-32-35(26)23-9-5-20(28)6-10-23/h1-12H,13-17H2,(H,29,36). The Morgan fingerprint density at radius 2 is 1.55 bits per heavy atom. The summed E-state index contributed by atoms with van der Waals surface area (Å²) in [6.45, 7) is 2.79. The fraction of sp³-hybridized carbons (Fsp3) is 0.192. The summed E-state index contributed by atoms with van der Waals surface area (Å²) >= 11 is 10.6. The van der Waals surface area contributed by atoms with Gasteiger partial charge in [0.25, 0.3) is 5.91 Å². The van der Waals surface area contributed by atoms with E-state index in [1.54, 1.807) is 16.8 Å². The van der Waals surface area contributed by atoms with Gasteiger partial charge in [-0.25, -0.2) is 0 Å². The third-order valence-corrected chi connectivity index (χ3v) is 7.72. The van der Waals surface area contributed by atoms with Gasteiger partial charge in [0, 0.05) is 52.6 Å². The highest BCUT2D eigenvalue weighted by atomic mass is 79.9. The van der Waals surface area contributed by atoms with Crippen molar-refractivity contribution in [2.45, 2.75) is 5.16 Å². The molecule has 3 aromatic carbocycles. The number of anilines is 2. The average molecular weight is 613 g/mol. The first-order chi connectivity index (χ1) is 18.5. The number of rotatable bonds is 7. The van der Waals surface area contributed by atoms with Crippen LogP contribution in [0.4, 0.5) is 11.4 Å². The highest BCUT2D eigenvalue weighted by Crippen LogP contribution is 2.23. The minimum absolute atomic E-state index is 0.0512. The lowest BCUT2D eigenvalue weighted by Gasteiger charge is -2.36. The van der Waals surface area contributed by atoms with Gasteiger partial charge in [0.2, 0.25) is 11.1 Å². The predicted molar refractivity (Wildman–Crippen MR) is 152 cm³/mol. The molecule has 1 aromatic heterocycles. The molecule has 0 bridgehead atoms. The maximum absolute atomic E-state index is 12.8. The van der Waals surface area contributed by atoms with Crippen molar-refractivity contribution in [1.29, 1.82) is 0 Å². The Hall–Kier alpha value is -3.41. The van der Waals surface area contributed by atoms with E-state index in [-0.39, 0.29) is 17.6 Å². The van der Waals surface area contributed by atoms with E-state index < -0.39 is 0 Å². The Morgan fingerprint density at radius 3 is 2.24 bits per heavy atom. The minimum Gasteiger partial charge on any atom is -0.368 e. The molecule has 1 saturated heterocycles. The van der Waals surface area contributed by atoms with Crippen LogP contribution in [0.5, 0.6) is 0 Å². The first kappa shape index (κ1) is 26.2. The van der Waals surface area contributed by atoms with Gasteiger partial charge in [-0.05, 0) is 83.2 Å². The van der Waals surface area contributed by atoms with Crippen LogP contribution in [0.15, 0.2) is 82.4 Å². The van der Waals surface area contributed by atoms with Crippen molar-refractivity contribution >= 4 is 62.5 Å². The summed E-state index contributed by atoms with van der Waals surface area (Å²) in [5.41, 5.74) is 3.22. The van der Waals surface area contributed by atoms with Gasteiger partial charge < -0.3 is 15.1 Å². The van der Waals surface area contributed by atoms with Crippen LogP contribution in [0, 0.1) is 0 Å². The Labute approximate surface area is 237 Å². The van der Waals surface area contributed by atoms with Crippen molar-refractivity contribution in [3.63, 3.8) is 0 Å². The molecule has 1 aliphatic rings. The van der Waals surface area contributed by atoms with Crippen molar-refractivity contribution in [2.75, 3.05) is 42.1 Å². The van der Waals surface area contributed by atoms with Crippen molar-refractivity contribution in [3.05, 3.63) is 87.9 Å². The Morgan fingerprint density at radius 1 is 0.895 bits per heavy atom. The number of benzene rings is 3. The van der Waals surface area contributed by atoms with E-state index >= 15 is 0 Å². The molecule has 0 aliphatic carbocycles. The number of carbonyl (C=O) groups excluding carboxylic acids is 2. The van der Waals surface area contributed by atoms with E-state index in [0.29, 0.717) is 34.5 Å². The number of amides is 2. The maximum Gasteiger partial charge on any atom is 0.253 e. The number of carbonyl (C=O) groups is 2. The lowest BCUT2D eigenvalue weighted by Crippen LogP contribution is -2.48. The number of halogens is 2. The first-order valence-electron chi connectivity index (χ1n) is 11.8. The smallest absolute Gasteiger partial charge is 0.253 e. The number of tetrazole rings is 1. The van der Waals surface area contributed by atoms with Crippen LogP contribution >= 0.6 is 39.3 Å². The van der Waals surface area contributed by atoms with Gasteiger partial charge in [-0.3, -0.25) is 9.59 Å². The van der Waals surface area contributed by atoms with Gasteiger partial charge in [0.05, 0.1) is 11.4 Å². The summed E-state index contributed by atoms with van der Waals surface area (Å²) in [5.74, 6) is 0.0492. The number of aromatic nitrogens is 4. The second-order valence-corrected chi connectivity index (χ2v) is 10.8. The number of hydrogen-bond acceptors (Lipinski definition) is 7. The lowest BCUT2D eigenvalue weighted by molar-refractivity contribution is -0.113. The van der Waals surface area contributed by atoms with Crippen LogP contribution in [0.25, 0.3) is 5.69 Å². The van der Waals surface area contributed by atoms with E-state index in [9.17, 15) is 9.59 Å². The second-order valence-electron chi connectivity index (χ2n) is 8.52. The number of piperazine rings is 1. The zero-order valence-corrected chi connectivity index (χ0v) is 23.3.